The predicted molar refractivity (Wildman–Crippen MR) is 61.0 cm³/mol. The van der Waals surface area contributed by atoms with E-state index in [1.54, 1.807) is 6.20 Å². The Morgan fingerprint density at radius 2 is 2.44 bits per heavy atom. The van der Waals surface area contributed by atoms with Crippen LogP contribution in [0, 0.1) is 0 Å². The number of fused-ring (bicyclic) bond motifs is 1. The minimum Gasteiger partial charge on any atom is -0.312 e. The van der Waals surface area contributed by atoms with E-state index in [2.05, 4.69) is 20.6 Å². The molecule has 0 bridgehead atoms. The van der Waals surface area contributed by atoms with Gasteiger partial charge in [-0.05, 0) is 31.5 Å². The maximum absolute atomic E-state index is 4.32. The first-order chi connectivity index (χ1) is 7.93. The molecule has 1 fully saturated rings. The van der Waals surface area contributed by atoms with Gasteiger partial charge in [-0.3, -0.25) is 0 Å². The van der Waals surface area contributed by atoms with Crippen molar-refractivity contribution >= 4 is 11.2 Å². The lowest BCUT2D eigenvalue weighted by atomic mass is 10.1. The first kappa shape index (κ1) is 9.72. The Morgan fingerprint density at radius 3 is 3.31 bits per heavy atom. The Bertz CT molecular complexity index is 472. The Kier molecular flexibility index (Phi) is 2.53. The third-order valence-corrected chi connectivity index (χ3v) is 3.08. The molecule has 0 aliphatic carbocycles. The highest BCUT2D eigenvalue weighted by Crippen LogP contribution is 2.11. The lowest BCUT2D eigenvalue weighted by molar-refractivity contribution is 0.351. The van der Waals surface area contributed by atoms with Crippen LogP contribution in [0.15, 0.2) is 18.3 Å². The SMILES string of the molecule is c1cnc2c(c1)nnn2CC1CCCCN1. The van der Waals surface area contributed by atoms with Gasteiger partial charge in [0.25, 0.3) is 0 Å². The number of nitrogens with zero attached hydrogens (tertiary/aromatic N) is 4. The number of hydrogen-bond acceptors (Lipinski definition) is 4. The predicted octanol–water partition coefficient (Wildman–Crippen LogP) is 0.968. The van der Waals surface area contributed by atoms with Gasteiger partial charge < -0.3 is 5.32 Å². The van der Waals surface area contributed by atoms with E-state index >= 15 is 0 Å². The molecule has 0 saturated carbocycles. The topological polar surface area (TPSA) is 55.6 Å². The van der Waals surface area contributed by atoms with E-state index in [1.165, 1.54) is 19.3 Å². The molecule has 2 aromatic heterocycles. The van der Waals surface area contributed by atoms with Gasteiger partial charge in [0.1, 0.15) is 5.52 Å². The summed E-state index contributed by atoms with van der Waals surface area (Å²) >= 11 is 0. The van der Waals surface area contributed by atoms with Crippen LogP contribution in [0.1, 0.15) is 19.3 Å². The number of rotatable bonds is 2. The summed E-state index contributed by atoms with van der Waals surface area (Å²) in [5.74, 6) is 0. The summed E-state index contributed by atoms with van der Waals surface area (Å²) in [7, 11) is 0. The fourth-order valence-electron chi connectivity index (χ4n) is 2.22. The summed E-state index contributed by atoms with van der Waals surface area (Å²) in [4.78, 5) is 4.32. The molecule has 0 amide bonds. The summed E-state index contributed by atoms with van der Waals surface area (Å²) in [5.41, 5.74) is 1.76. The smallest absolute Gasteiger partial charge is 0.178 e. The summed E-state index contributed by atoms with van der Waals surface area (Å²) in [6, 6.07) is 4.35. The summed E-state index contributed by atoms with van der Waals surface area (Å²) in [5, 5.41) is 11.8. The molecule has 0 spiro atoms. The highest BCUT2D eigenvalue weighted by molar-refractivity contribution is 5.68. The van der Waals surface area contributed by atoms with Crippen LogP contribution in [-0.4, -0.2) is 32.6 Å². The monoisotopic (exact) mass is 217 g/mol. The first-order valence-electron chi connectivity index (χ1n) is 5.81. The molecule has 1 aliphatic rings. The zero-order valence-corrected chi connectivity index (χ0v) is 9.13. The molecule has 84 valence electrons. The largest absolute Gasteiger partial charge is 0.312 e. The Hall–Kier alpha value is -1.49. The molecule has 5 heteroatoms. The van der Waals surface area contributed by atoms with E-state index in [-0.39, 0.29) is 0 Å². The molecule has 1 aliphatic heterocycles. The van der Waals surface area contributed by atoms with Gasteiger partial charge in [-0.25, -0.2) is 9.67 Å². The van der Waals surface area contributed by atoms with E-state index < -0.39 is 0 Å². The maximum Gasteiger partial charge on any atom is 0.178 e. The van der Waals surface area contributed by atoms with Gasteiger partial charge in [0.15, 0.2) is 5.65 Å². The second-order valence-corrected chi connectivity index (χ2v) is 4.26. The standard InChI is InChI=1S/C11H15N5/c1-2-6-12-9(4-1)8-16-11-10(14-15-16)5-3-7-13-11/h3,5,7,9,12H,1-2,4,6,8H2. The number of hydrogen-bond donors (Lipinski definition) is 1. The second kappa shape index (κ2) is 4.17. The van der Waals surface area contributed by atoms with Crippen molar-refractivity contribution in [3.8, 4) is 0 Å². The highest BCUT2D eigenvalue weighted by Gasteiger charge is 2.15. The molecule has 16 heavy (non-hydrogen) atoms. The number of pyridine rings is 1. The Morgan fingerprint density at radius 1 is 1.44 bits per heavy atom. The van der Waals surface area contributed by atoms with Gasteiger partial charge in [0, 0.05) is 12.2 Å². The molecule has 3 heterocycles. The summed E-state index contributed by atoms with van der Waals surface area (Å²) < 4.78 is 1.90. The summed E-state index contributed by atoms with van der Waals surface area (Å²) in [6.45, 7) is 1.98. The Balaban J connectivity index is 1.83. The molecule has 0 radical (unpaired) electrons. The molecule has 0 aromatic carbocycles. The lowest BCUT2D eigenvalue weighted by Gasteiger charge is -2.22. The molecule has 1 N–H and O–H groups in total. The quantitative estimate of drug-likeness (QED) is 0.814. The second-order valence-electron chi connectivity index (χ2n) is 4.26. The minimum absolute atomic E-state index is 0.514. The van der Waals surface area contributed by atoms with Crippen molar-refractivity contribution in [2.24, 2.45) is 0 Å². The van der Waals surface area contributed by atoms with E-state index in [0.717, 1.165) is 24.3 Å². The molecular weight excluding hydrogens is 202 g/mol. The van der Waals surface area contributed by atoms with Crippen LogP contribution in [0.25, 0.3) is 11.2 Å². The van der Waals surface area contributed by atoms with Crippen molar-refractivity contribution in [1.82, 2.24) is 25.3 Å². The van der Waals surface area contributed by atoms with Crippen molar-refractivity contribution in [2.45, 2.75) is 31.8 Å². The van der Waals surface area contributed by atoms with Crippen LogP contribution in [-0.2, 0) is 6.54 Å². The van der Waals surface area contributed by atoms with Crippen LogP contribution < -0.4 is 5.32 Å². The molecule has 3 rings (SSSR count). The van der Waals surface area contributed by atoms with Crippen molar-refractivity contribution in [1.29, 1.82) is 0 Å². The lowest BCUT2D eigenvalue weighted by Crippen LogP contribution is -2.37. The van der Waals surface area contributed by atoms with E-state index in [1.807, 2.05) is 16.8 Å². The van der Waals surface area contributed by atoms with Crippen LogP contribution >= 0.6 is 0 Å². The van der Waals surface area contributed by atoms with Crippen LogP contribution in [0.5, 0.6) is 0 Å². The van der Waals surface area contributed by atoms with Gasteiger partial charge in [-0.2, -0.15) is 0 Å². The van der Waals surface area contributed by atoms with Gasteiger partial charge in [0.05, 0.1) is 6.54 Å². The maximum atomic E-state index is 4.32. The molecular formula is C11H15N5. The third kappa shape index (κ3) is 1.78. The molecule has 1 saturated heterocycles. The normalized spacial score (nSPS) is 21.4. The van der Waals surface area contributed by atoms with Crippen molar-refractivity contribution in [2.75, 3.05) is 6.54 Å². The molecule has 1 atom stereocenters. The fourth-order valence-corrected chi connectivity index (χ4v) is 2.22. The zero-order valence-electron chi connectivity index (χ0n) is 9.13. The van der Waals surface area contributed by atoms with E-state index in [9.17, 15) is 0 Å². The average Bonchev–Trinajstić information content (AvgIpc) is 2.74. The molecule has 5 nitrogen and oxygen atoms in total. The van der Waals surface area contributed by atoms with Gasteiger partial charge >= 0.3 is 0 Å². The number of piperidine rings is 1. The highest BCUT2D eigenvalue weighted by atomic mass is 15.4. The van der Waals surface area contributed by atoms with Gasteiger partial charge in [0.2, 0.25) is 0 Å². The number of aromatic nitrogens is 4. The van der Waals surface area contributed by atoms with Gasteiger partial charge in [-0.15, -0.1) is 5.10 Å². The first-order valence-corrected chi connectivity index (χ1v) is 5.81. The Labute approximate surface area is 93.9 Å². The van der Waals surface area contributed by atoms with Crippen LogP contribution in [0.2, 0.25) is 0 Å². The summed E-state index contributed by atoms with van der Waals surface area (Å²) in [6.07, 6.45) is 5.59. The van der Waals surface area contributed by atoms with Crippen molar-refractivity contribution in [3.05, 3.63) is 18.3 Å². The van der Waals surface area contributed by atoms with Crippen LogP contribution in [0.3, 0.4) is 0 Å². The third-order valence-electron chi connectivity index (χ3n) is 3.08. The zero-order chi connectivity index (χ0) is 10.8. The van der Waals surface area contributed by atoms with E-state index in [0.29, 0.717) is 6.04 Å². The van der Waals surface area contributed by atoms with Crippen molar-refractivity contribution < 1.29 is 0 Å². The molecule has 1 unspecified atom stereocenters. The average molecular weight is 217 g/mol. The molecule has 2 aromatic rings. The van der Waals surface area contributed by atoms with Gasteiger partial charge in [-0.1, -0.05) is 11.6 Å². The van der Waals surface area contributed by atoms with E-state index in [4.69, 9.17) is 0 Å². The van der Waals surface area contributed by atoms with Crippen molar-refractivity contribution in [3.63, 3.8) is 0 Å². The fraction of sp³-hybridized carbons (Fsp3) is 0.545. The van der Waals surface area contributed by atoms with Crippen LogP contribution in [0.4, 0.5) is 0 Å². The minimum atomic E-state index is 0.514. The number of nitrogens with one attached hydrogen (secondary N) is 1.